The van der Waals surface area contributed by atoms with E-state index in [4.69, 9.17) is 9.16 Å². The molecule has 1 aromatic rings. The van der Waals surface area contributed by atoms with Crippen molar-refractivity contribution < 1.29 is 14.0 Å². The molecule has 0 spiro atoms. The van der Waals surface area contributed by atoms with E-state index in [0.717, 1.165) is 18.3 Å². The lowest BCUT2D eigenvalue weighted by molar-refractivity contribution is -0.126. The average molecular weight is 323 g/mol. The molecule has 0 aliphatic carbocycles. The molecular formula is C18H30O3Si. The molecule has 2 atom stereocenters. The van der Waals surface area contributed by atoms with Gasteiger partial charge in [-0.1, -0.05) is 58.0 Å². The van der Waals surface area contributed by atoms with Crippen molar-refractivity contribution in [1.29, 1.82) is 0 Å². The topological polar surface area (TPSA) is 35.5 Å². The fourth-order valence-corrected chi connectivity index (χ4v) is 3.35. The first kappa shape index (κ1) is 19.1. The summed E-state index contributed by atoms with van der Waals surface area (Å²) < 4.78 is 12.2. The molecule has 0 amide bonds. The van der Waals surface area contributed by atoms with Gasteiger partial charge in [-0.05, 0) is 30.1 Å². The maximum absolute atomic E-state index is 11.5. The van der Waals surface area contributed by atoms with Crippen LogP contribution in [0.15, 0.2) is 30.3 Å². The van der Waals surface area contributed by atoms with Crippen molar-refractivity contribution >= 4 is 14.6 Å². The molecule has 0 saturated carbocycles. The van der Waals surface area contributed by atoms with E-state index < -0.39 is 14.4 Å². The quantitative estimate of drug-likeness (QED) is 0.519. The van der Waals surface area contributed by atoms with E-state index in [1.807, 2.05) is 37.3 Å². The number of carbonyl (C=O) groups excluding carboxylic acids is 1. The standard InChI is InChI=1S/C18H30O3Si/c1-7-16(21-22(5,6)18(2,3)4)17(13-19)20-14-15-11-9-8-10-12-15/h8-13,16-17H,7,14H2,1-6H3/t16-,17+/m1/s1. The Morgan fingerprint density at radius 1 is 1.18 bits per heavy atom. The molecule has 0 heterocycles. The highest BCUT2D eigenvalue weighted by molar-refractivity contribution is 6.74. The highest BCUT2D eigenvalue weighted by Gasteiger charge is 2.40. The highest BCUT2D eigenvalue weighted by Crippen LogP contribution is 2.38. The third-order valence-corrected chi connectivity index (χ3v) is 8.94. The summed E-state index contributed by atoms with van der Waals surface area (Å²) in [4.78, 5) is 11.5. The van der Waals surface area contributed by atoms with E-state index in [9.17, 15) is 4.79 Å². The zero-order chi connectivity index (χ0) is 16.8. The van der Waals surface area contributed by atoms with Gasteiger partial charge in [-0.25, -0.2) is 0 Å². The Labute approximate surface area is 136 Å². The fraction of sp³-hybridized carbons (Fsp3) is 0.611. The minimum absolute atomic E-state index is 0.118. The molecule has 0 N–H and O–H groups in total. The largest absolute Gasteiger partial charge is 0.411 e. The lowest BCUT2D eigenvalue weighted by Crippen LogP contribution is -2.47. The summed E-state index contributed by atoms with van der Waals surface area (Å²) in [6.45, 7) is 13.5. The second kappa shape index (κ2) is 8.04. The van der Waals surface area contributed by atoms with E-state index in [0.29, 0.717) is 6.61 Å². The van der Waals surface area contributed by atoms with Crippen molar-refractivity contribution in [2.24, 2.45) is 0 Å². The molecule has 0 aliphatic rings. The molecule has 1 rings (SSSR count). The summed E-state index contributed by atoms with van der Waals surface area (Å²) in [5.41, 5.74) is 1.07. The summed E-state index contributed by atoms with van der Waals surface area (Å²) in [5, 5.41) is 0.118. The Morgan fingerprint density at radius 3 is 2.23 bits per heavy atom. The molecule has 0 radical (unpaired) electrons. The molecule has 22 heavy (non-hydrogen) atoms. The number of hydrogen-bond acceptors (Lipinski definition) is 3. The van der Waals surface area contributed by atoms with Gasteiger partial charge in [0.15, 0.2) is 14.6 Å². The van der Waals surface area contributed by atoms with Gasteiger partial charge in [-0.15, -0.1) is 0 Å². The summed E-state index contributed by atoms with van der Waals surface area (Å²) in [6.07, 6.45) is 0.955. The Balaban J connectivity index is 2.71. The molecule has 124 valence electrons. The first-order valence-corrected chi connectivity index (χ1v) is 10.9. The van der Waals surface area contributed by atoms with Gasteiger partial charge in [0.25, 0.3) is 0 Å². The van der Waals surface area contributed by atoms with Crippen LogP contribution in [0.5, 0.6) is 0 Å². The smallest absolute Gasteiger partial charge is 0.192 e. The molecule has 0 bridgehead atoms. The number of aldehydes is 1. The second-order valence-electron chi connectivity index (χ2n) is 7.22. The van der Waals surface area contributed by atoms with Gasteiger partial charge in [0, 0.05) is 0 Å². The zero-order valence-corrected chi connectivity index (χ0v) is 15.8. The SMILES string of the molecule is CC[C@@H](O[Si](C)(C)C(C)(C)C)[C@H](C=O)OCc1ccccc1. The molecule has 1 aromatic carbocycles. The van der Waals surface area contributed by atoms with Crippen LogP contribution in [0.1, 0.15) is 39.7 Å². The molecule has 3 nitrogen and oxygen atoms in total. The van der Waals surface area contributed by atoms with Crippen molar-refractivity contribution in [2.45, 2.75) is 71.1 Å². The van der Waals surface area contributed by atoms with Crippen LogP contribution in [0.2, 0.25) is 18.1 Å². The van der Waals surface area contributed by atoms with Crippen LogP contribution >= 0.6 is 0 Å². The first-order valence-electron chi connectivity index (χ1n) is 8.00. The van der Waals surface area contributed by atoms with Gasteiger partial charge in [0.2, 0.25) is 0 Å². The molecule has 0 unspecified atom stereocenters. The fourth-order valence-electron chi connectivity index (χ4n) is 1.94. The van der Waals surface area contributed by atoms with Gasteiger partial charge in [-0.3, -0.25) is 0 Å². The number of carbonyl (C=O) groups is 1. The van der Waals surface area contributed by atoms with Gasteiger partial charge < -0.3 is 14.0 Å². The lowest BCUT2D eigenvalue weighted by Gasteiger charge is -2.40. The van der Waals surface area contributed by atoms with Crippen molar-refractivity contribution in [3.8, 4) is 0 Å². The van der Waals surface area contributed by atoms with Crippen LogP contribution < -0.4 is 0 Å². The van der Waals surface area contributed by atoms with Crippen LogP contribution in [0.3, 0.4) is 0 Å². The normalized spacial score (nSPS) is 15.4. The lowest BCUT2D eigenvalue weighted by atomic mass is 10.1. The van der Waals surface area contributed by atoms with Gasteiger partial charge in [0.05, 0.1) is 12.7 Å². The number of ether oxygens (including phenoxy) is 1. The number of benzene rings is 1. The number of rotatable bonds is 8. The Hall–Kier alpha value is -0.973. The van der Waals surface area contributed by atoms with Crippen molar-refractivity contribution in [2.75, 3.05) is 0 Å². The third-order valence-electron chi connectivity index (χ3n) is 4.44. The Bertz CT molecular complexity index is 451. The highest BCUT2D eigenvalue weighted by atomic mass is 28.4. The molecule has 0 fully saturated rings. The van der Waals surface area contributed by atoms with Crippen LogP contribution in [0.4, 0.5) is 0 Å². The third kappa shape index (κ3) is 5.34. The summed E-state index contributed by atoms with van der Waals surface area (Å²) in [6, 6.07) is 9.90. The maximum atomic E-state index is 11.5. The van der Waals surface area contributed by atoms with Crippen LogP contribution in [0, 0.1) is 0 Å². The van der Waals surface area contributed by atoms with Crippen LogP contribution in [-0.2, 0) is 20.6 Å². The summed E-state index contributed by atoms with van der Waals surface area (Å²) >= 11 is 0. The average Bonchev–Trinajstić information content (AvgIpc) is 2.46. The Morgan fingerprint density at radius 2 is 1.77 bits per heavy atom. The van der Waals surface area contributed by atoms with Crippen molar-refractivity contribution in [3.63, 3.8) is 0 Å². The van der Waals surface area contributed by atoms with Crippen molar-refractivity contribution in [3.05, 3.63) is 35.9 Å². The van der Waals surface area contributed by atoms with Gasteiger partial charge >= 0.3 is 0 Å². The van der Waals surface area contributed by atoms with E-state index >= 15 is 0 Å². The predicted molar refractivity (Wildman–Crippen MR) is 93.4 cm³/mol. The predicted octanol–water partition coefficient (Wildman–Crippen LogP) is 4.57. The molecule has 0 aromatic heterocycles. The molecule has 4 heteroatoms. The van der Waals surface area contributed by atoms with Gasteiger partial charge in [-0.2, -0.15) is 0 Å². The Kier molecular flexibility index (Phi) is 6.97. The maximum Gasteiger partial charge on any atom is 0.192 e. The number of hydrogen-bond donors (Lipinski definition) is 0. The first-order chi connectivity index (χ1) is 10.2. The summed E-state index contributed by atoms with van der Waals surface area (Å²) in [7, 11) is -1.92. The summed E-state index contributed by atoms with van der Waals surface area (Å²) in [5.74, 6) is 0. The molecule has 0 saturated heterocycles. The van der Waals surface area contributed by atoms with E-state index in [-0.39, 0.29) is 11.1 Å². The molecular weight excluding hydrogens is 292 g/mol. The zero-order valence-electron chi connectivity index (χ0n) is 14.8. The second-order valence-corrected chi connectivity index (χ2v) is 12.0. The molecule has 0 aliphatic heterocycles. The minimum Gasteiger partial charge on any atom is -0.411 e. The van der Waals surface area contributed by atoms with Crippen LogP contribution in [-0.4, -0.2) is 26.8 Å². The van der Waals surface area contributed by atoms with Crippen LogP contribution in [0.25, 0.3) is 0 Å². The van der Waals surface area contributed by atoms with E-state index in [2.05, 4.69) is 33.9 Å². The minimum atomic E-state index is -1.92. The van der Waals surface area contributed by atoms with E-state index in [1.165, 1.54) is 0 Å². The van der Waals surface area contributed by atoms with Crippen molar-refractivity contribution in [1.82, 2.24) is 0 Å². The van der Waals surface area contributed by atoms with Gasteiger partial charge in [0.1, 0.15) is 6.10 Å². The van der Waals surface area contributed by atoms with E-state index in [1.54, 1.807) is 0 Å². The monoisotopic (exact) mass is 322 g/mol.